The summed E-state index contributed by atoms with van der Waals surface area (Å²) in [6, 6.07) is 5.98. The van der Waals surface area contributed by atoms with E-state index in [1.165, 1.54) is 6.42 Å². The number of hydrogen-bond acceptors (Lipinski definition) is 4. The van der Waals surface area contributed by atoms with Gasteiger partial charge in [-0.25, -0.2) is 0 Å². The van der Waals surface area contributed by atoms with Crippen LogP contribution in [-0.2, 0) is 17.8 Å². The summed E-state index contributed by atoms with van der Waals surface area (Å²) >= 11 is 0. The number of amides is 1. The van der Waals surface area contributed by atoms with Crippen molar-refractivity contribution in [2.75, 3.05) is 26.7 Å². The largest absolute Gasteiger partial charge is 0.341 e. The molecule has 1 fully saturated rings. The minimum atomic E-state index is 0.218. The Morgan fingerprint density at radius 2 is 2.33 bits per heavy atom. The Bertz CT molecular complexity index is 628. The van der Waals surface area contributed by atoms with Gasteiger partial charge in [-0.3, -0.25) is 19.8 Å². The molecule has 0 radical (unpaired) electrons. The summed E-state index contributed by atoms with van der Waals surface area (Å²) in [6.07, 6.45) is 8.62. The molecule has 0 aromatic carbocycles. The first kappa shape index (κ1) is 16.6. The van der Waals surface area contributed by atoms with Crippen molar-refractivity contribution in [3.8, 4) is 0 Å². The van der Waals surface area contributed by atoms with Gasteiger partial charge in [0, 0.05) is 43.9 Å². The van der Waals surface area contributed by atoms with Crippen molar-refractivity contribution in [3.05, 3.63) is 48.0 Å². The van der Waals surface area contributed by atoms with E-state index in [2.05, 4.69) is 20.1 Å². The standard InChI is InChI=1S/C18H25N5O/c1-22(12-16-4-2-7-19-11-16)14-18(24)23-9-3-5-15(13-23)10-17-6-8-20-21-17/h2,4,6-8,11,15H,3,5,9-10,12-14H2,1H3,(H,20,21)/t15-/m0/s1. The van der Waals surface area contributed by atoms with E-state index in [1.54, 1.807) is 12.4 Å². The molecule has 128 valence electrons. The molecular formula is C18H25N5O. The summed E-state index contributed by atoms with van der Waals surface area (Å²) < 4.78 is 0. The molecular weight excluding hydrogens is 302 g/mol. The summed E-state index contributed by atoms with van der Waals surface area (Å²) in [7, 11) is 1.98. The Labute approximate surface area is 142 Å². The fourth-order valence-electron chi connectivity index (χ4n) is 3.36. The highest BCUT2D eigenvalue weighted by Crippen LogP contribution is 2.20. The van der Waals surface area contributed by atoms with Gasteiger partial charge in [0.05, 0.1) is 6.54 Å². The molecule has 3 heterocycles. The molecule has 0 spiro atoms. The van der Waals surface area contributed by atoms with Crippen LogP contribution in [0.4, 0.5) is 0 Å². The third kappa shape index (κ3) is 4.64. The normalized spacial score (nSPS) is 18.1. The molecule has 1 atom stereocenters. The van der Waals surface area contributed by atoms with E-state index in [9.17, 15) is 4.79 Å². The van der Waals surface area contributed by atoms with Crippen LogP contribution in [0.1, 0.15) is 24.1 Å². The Hall–Kier alpha value is -2.21. The van der Waals surface area contributed by atoms with E-state index in [4.69, 9.17) is 0 Å². The van der Waals surface area contributed by atoms with Crippen molar-refractivity contribution in [2.24, 2.45) is 5.92 Å². The number of hydrogen-bond donors (Lipinski definition) is 1. The number of H-pyrrole nitrogens is 1. The fourth-order valence-corrected chi connectivity index (χ4v) is 3.36. The van der Waals surface area contributed by atoms with Crippen LogP contribution in [0.5, 0.6) is 0 Å². The molecule has 3 rings (SSSR count). The summed E-state index contributed by atoms with van der Waals surface area (Å²) in [6.45, 7) is 2.91. The first-order valence-corrected chi connectivity index (χ1v) is 8.54. The van der Waals surface area contributed by atoms with Gasteiger partial charge in [-0.1, -0.05) is 6.07 Å². The molecule has 1 amide bonds. The number of nitrogens with zero attached hydrogens (tertiary/aromatic N) is 4. The number of nitrogens with one attached hydrogen (secondary N) is 1. The maximum absolute atomic E-state index is 12.6. The average Bonchev–Trinajstić information content (AvgIpc) is 3.09. The van der Waals surface area contributed by atoms with E-state index in [0.29, 0.717) is 12.5 Å². The van der Waals surface area contributed by atoms with E-state index in [0.717, 1.165) is 43.7 Å². The van der Waals surface area contributed by atoms with Crippen molar-refractivity contribution in [1.29, 1.82) is 0 Å². The van der Waals surface area contributed by atoms with Crippen LogP contribution in [0.25, 0.3) is 0 Å². The predicted molar refractivity (Wildman–Crippen MR) is 92.2 cm³/mol. The zero-order chi connectivity index (χ0) is 16.8. The van der Waals surface area contributed by atoms with Crippen LogP contribution < -0.4 is 0 Å². The zero-order valence-corrected chi connectivity index (χ0v) is 14.2. The maximum atomic E-state index is 12.6. The van der Waals surface area contributed by atoms with Gasteiger partial charge in [-0.2, -0.15) is 5.10 Å². The van der Waals surface area contributed by atoms with Crippen molar-refractivity contribution in [2.45, 2.75) is 25.8 Å². The lowest BCUT2D eigenvalue weighted by atomic mass is 9.93. The Morgan fingerprint density at radius 3 is 3.08 bits per heavy atom. The number of likely N-dealkylation sites (tertiary alicyclic amines) is 1. The highest BCUT2D eigenvalue weighted by Gasteiger charge is 2.24. The van der Waals surface area contributed by atoms with E-state index in [-0.39, 0.29) is 5.91 Å². The average molecular weight is 327 g/mol. The quantitative estimate of drug-likeness (QED) is 0.877. The third-order valence-electron chi connectivity index (χ3n) is 4.52. The predicted octanol–water partition coefficient (Wildman–Crippen LogP) is 1.72. The minimum Gasteiger partial charge on any atom is -0.341 e. The first-order valence-electron chi connectivity index (χ1n) is 8.54. The van der Waals surface area contributed by atoms with Gasteiger partial charge in [0.2, 0.25) is 5.91 Å². The lowest BCUT2D eigenvalue weighted by Gasteiger charge is -2.33. The summed E-state index contributed by atoms with van der Waals surface area (Å²) in [5.41, 5.74) is 2.28. The van der Waals surface area contributed by atoms with Gasteiger partial charge in [0.25, 0.3) is 0 Å². The molecule has 0 bridgehead atoms. The second-order valence-electron chi connectivity index (χ2n) is 6.67. The van der Waals surface area contributed by atoms with Crippen molar-refractivity contribution >= 4 is 5.91 Å². The number of likely N-dealkylation sites (N-methyl/N-ethyl adjacent to an activating group) is 1. The number of aromatic nitrogens is 3. The van der Waals surface area contributed by atoms with Crippen LogP contribution in [-0.4, -0.2) is 57.6 Å². The van der Waals surface area contributed by atoms with E-state index >= 15 is 0 Å². The molecule has 6 heteroatoms. The Morgan fingerprint density at radius 1 is 1.42 bits per heavy atom. The monoisotopic (exact) mass is 327 g/mol. The molecule has 0 unspecified atom stereocenters. The van der Waals surface area contributed by atoms with Crippen LogP contribution in [0.3, 0.4) is 0 Å². The number of rotatable bonds is 6. The van der Waals surface area contributed by atoms with Crippen molar-refractivity contribution in [3.63, 3.8) is 0 Å². The number of carbonyl (C=O) groups is 1. The van der Waals surface area contributed by atoms with Gasteiger partial charge in [-0.05, 0) is 49.9 Å². The Balaban J connectivity index is 1.48. The number of aromatic amines is 1. The zero-order valence-electron chi connectivity index (χ0n) is 14.2. The van der Waals surface area contributed by atoms with Gasteiger partial charge in [0.1, 0.15) is 0 Å². The molecule has 2 aromatic rings. The molecule has 1 saturated heterocycles. The SMILES string of the molecule is CN(CC(=O)N1CCC[C@@H](Cc2ccn[nH]2)C1)Cc1cccnc1. The number of pyridine rings is 1. The molecule has 2 aromatic heterocycles. The fraction of sp³-hybridized carbons (Fsp3) is 0.500. The first-order chi connectivity index (χ1) is 11.7. The summed E-state index contributed by atoms with van der Waals surface area (Å²) in [5.74, 6) is 0.738. The Kier molecular flexibility index (Phi) is 5.59. The van der Waals surface area contributed by atoms with Crippen molar-refractivity contribution in [1.82, 2.24) is 25.0 Å². The van der Waals surface area contributed by atoms with Crippen LogP contribution in [0, 0.1) is 5.92 Å². The van der Waals surface area contributed by atoms with Crippen LogP contribution >= 0.6 is 0 Å². The van der Waals surface area contributed by atoms with E-state index in [1.807, 2.05) is 36.3 Å². The van der Waals surface area contributed by atoms with Gasteiger partial charge in [0.15, 0.2) is 0 Å². The third-order valence-corrected chi connectivity index (χ3v) is 4.52. The lowest BCUT2D eigenvalue weighted by Crippen LogP contribution is -2.44. The smallest absolute Gasteiger partial charge is 0.236 e. The van der Waals surface area contributed by atoms with Gasteiger partial charge >= 0.3 is 0 Å². The molecule has 1 aliphatic heterocycles. The second kappa shape index (κ2) is 8.06. The van der Waals surface area contributed by atoms with E-state index < -0.39 is 0 Å². The maximum Gasteiger partial charge on any atom is 0.236 e. The molecule has 1 N–H and O–H groups in total. The van der Waals surface area contributed by atoms with Crippen LogP contribution in [0.15, 0.2) is 36.8 Å². The number of carbonyl (C=O) groups excluding carboxylic acids is 1. The lowest BCUT2D eigenvalue weighted by molar-refractivity contribution is -0.134. The molecule has 6 nitrogen and oxygen atoms in total. The highest BCUT2D eigenvalue weighted by atomic mass is 16.2. The van der Waals surface area contributed by atoms with Gasteiger partial charge < -0.3 is 4.90 Å². The molecule has 1 aliphatic rings. The molecule has 24 heavy (non-hydrogen) atoms. The van der Waals surface area contributed by atoms with Gasteiger partial charge in [-0.15, -0.1) is 0 Å². The molecule has 0 saturated carbocycles. The second-order valence-corrected chi connectivity index (χ2v) is 6.67. The van der Waals surface area contributed by atoms with Crippen LogP contribution in [0.2, 0.25) is 0 Å². The minimum absolute atomic E-state index is 0.218. The summed E-state index contributed by atoms with van der Waals surface area (Å²) in [5, 5.41) is 7.02. The highest BCUT2D eigenvalue weighted by molar-refractivity contribution is 5.78. The molecule has 0 aliphatic carbocycles. The van der Waals surface area contributed by atoms with Crippen molar-refractivity contribution < 1.29 is 4.79 Å². The number of piperidine rings is 1. The summed E-state index contributed by atoms with van der Waals surface area (Å²) in [4.78, 5) is 20.8. The topological polar surface area (TPSA) is 65.1 Å².